The summed E-state index contributed by atoms with van der Waals surface area (Å²) in [6.45, 7) is 0.890. The second-order valence-corrected chi connectivity index (χ2v) is 7.57. The lowest BCUT2D eigenvalue weighted by molar-refractivity contribution is -0.0970. The van der Waals surface area contributed by atoms with E-state index in [-0.39, 0.29) is 5.60 Å². The number of nitrogens with two attached hydrogens (primary N) is 1. The molecule has 2 aliphatic rings. The molecule has 21 heavy (non-hydrogen) atoms. The number of hydrogen-bond acceptors (Lipinski definition) is 4. The van der Waals surface area contributed by atoms with E-state index in [9.17, 15) is 0 Å². The van der Waals surface area contributed by atoms with Crippen molar-refractivity contribution in [3.63, 3.8) is 0 Å². The van der Waals surface area contributed by atoms with Gasteiger partial charge in [0.15, 0.2) is 0 Å². The Kier molecular flexibility index (Phi) is 4.65. The van der Waals surface area contributed by atoms with Gasteiger partial charge >= 0.3 is 0 Å². The van der Waals surface area contributed by atoms with Gasteiger partial charge in [0.1, 0.15) is 5.75 Å². The number of ether oxygens (including phenoxy) is 2. The van der Waals surface area contributed by atoms with Gasteiger partial charge in [-0.1, -0.05) is 19.3 Å². The van der Waals surface area contributed by atoms with Crippen molar-refractivity contribution in [2.75, 3.05) is 19.5 Å². The standard InChI is InChI=1S/C17H25NO2S/c1-19-13-5-6-15(18)16(11-13)21-14-7-10-20-17(12-14)8-3-2-4-9-17/h5-6,11,14H,2-4,7-10,12,18H2,1H3. The Morgan fingerprint density at radius 1 is 1.29 bits per heavy atom. The molecule has 1 aromatic rings. The van der Waals surface area contributed by atoms with Crippen molar-refractivity contribution in [1.82, 2.24) is 0 Å². The number of nitrogen functional groups attached to an aromatic ring is 1. The first-order chi connectivity index (χ1) is 10.2. The number of benzene rings is 1. The third kappa shape index (κ3) is 3.49. The van der Waals surface area contributed by atoms with Crippen LogP contribution in [0.3, 0.4) is 0 Å². The van der Waals surface area contributed by atoms with E-state index in [4.69, 9.17) is 15.2 Å². The summed E-state index contributed by atoms with van der Waals surface area (Å²) >= 11 is 1.90. The fourth-order valence-electron chi connectivity index (χ4n) is 3.55. The molecule has 1 heterocycles. The molecule has 4 heteroatoms. The van der Waals surface area contributed by atoms with E-state index in [1.54, 1.807) is 7.11 Å². The predicted molar refractivity (Wildman–Crippen MR) is 88.1 cm³/mol. The van der Waals surface area contributed by atoms with Gasteiger partial charge in [-0.2, -0.15) is 0 Å². The lowest BCUT2D eigenvalue weighted by Gasteiger charge is -2.43. The normalized spacial score (nSPS) is 24.9. The first-order valence-electron chi connectivity index (χ1n) is 7.95. The zero-order chi connectivity index (χ0) is 14.7. The van der Waals surface area contributed by atoms with Gasteiger partial charge in [-0.05, 0) is 43.9 Å². The molecule has 1 spiro atoms. The molecule has 0 amide bonds. The molecule has 1 saturated heterocycles. The minimum Gasteiger partial charge on any atom is -0.497 e. The molecular weight excluding hydrogens is 282 g/mol. The fraction of sp³-hybridized carbons (Fsp3) is 0.647. The summed E-state index contributed by atoms with van der Waals surface area (Å²) < 4.78 is 11.5. The van der Waals surface area contributed by atoms with E-state index in [0.717, 1.165) is 35.8 Å². The van der Waals surface area contributed by atoms with E-state index < -0.39 is 0 Å². The number of thioether (sulfide) groups is 1. The molecule has 1 aliphatic heterocycles. The van der Waals surface area contributed by atoms with E-state index >= 15 is 0 Å². The van der Waals surface area contributed by atoms with Crippen LogP contribution in [0.15, 0.2) is 23.1 Å². The summed E-state index contributed by atoms with van der Waals surface area (Å²) in [5.74, 6) is 0.881. The Hall–Kier alpha value is -0.870. The summed E-state index contributed by atoms with van der Waals surface area (Å²) in [4.78, 5) is 1.15. The summed E-state index contributed by atoms with van der Waals surface area (Å²) in [5.41, 5.74) is 7.13. The van der Waals surface area contributed by atoms with Crippen LogP contribution in [-0.4, -0.2) is 24.6 Å². The lowest BCUT2D eigenvalue weighted by Crippen LogP contribution is -2.42. The maximum absolute atomic E-state index is 6.18. The highest BCUT2D eigenvalue weighted by atomic mass is 32.2. The maximum atomic E-state index is 6.18. The first kappa shape index (κ1) is 15.0. The molecule has 2 N–H and O–H groups in total. The zero-order valence-electron chi connectivity index (χ0n) is 12.8. The molecule has 3 rings (SSSR count). The molecule has 116 valence electrons. The molecule has 2 fully saturated rings. The molecular formula is C17H25NO2S. The summed E-state index contributed by atoms with van der Waals surface area (Å²) in [6.07, 6.45) is 8.75. The largest absolute Gasteiger partial charge is 0.497 e. The third-order valence-corrected chi connectivity index (χ3v) is 6.07. The van der Waals surface area contributed by atoms with E-state index in [1.807, 2.05) is 23.9 Å². The van der Waals surface area contributed by atoms with Crippen LogP contribution in [0.25, 0.3) is 0 Å². The monoisotopic (exact) mass is 307 g/mol. The Balaban J connectivity index is 1.69. The molecule has 3 nitrogen and oxygen atoms in total. The number of anilines is 1. The van der Waals surface area contributed by atoms with Gasteiger partial charge in [-0.15, -0.1) is 11.8 Å². The van der Waals surface area contributed by atoms with Gasteiger partial charge in [0.25, 0.3) is 0 Å². The van der Waals surface area contributed by atoms with Crippen LogP contribution in [0.5, 0.6) is 5.75 Å². The van der Waals surface area contributed by atoms with Crippen molar-refractivity contribution in [3.05, 3.63) is 18.2 Å². The lowest BCUT2D eigenvalue weighted by atomic mass is 9.80. The highest BCUT2D eigenvalue weighted by molar-refractivity contribution is 8.00. The van der Waals surface area contributed by atoms with E-state index in [1.165, 1.54) is 32.1 Å². The Bertz CT molecular complexity index is 480. The average Bonchev–Trinajstić information content (AvgIpc) is 2.50. The molecule has 1 unspecified atom stereocenters. The minimum absolute atomic E-state index is 0.155. The summed E-state index contributed by atoms with van der Waals surface area (Å²) in [7, 11) is 1.70. The van der Waals surface area contributed by atoms with Crippen LogP contribution < -0.4 is 10.5 Å². The van der Waals surface area contributed by atoms with Crippen LogP contribution in [0.1, 0.15) is 44.9 Å². The third-order valence-electron chi connectivity index (χ3n) is 4.73. The molecule has 1 aromatic carbocycles. The van der Waals surface area contributed by atoms with Gasteiger partial charge in [0, 0.05) is 22.4 Å². The summed E-state index contributed by atoms with van der Waals surface area (Å²) in [5, 5.41) is 0.603. The second kappa shape index (κ2) is 6.49. The van der Waals surface area contributed by atoms with Crippen molar-refractivity contribution >= 4 is 17.4 Å². The van der Waals surface area contributed by atoms with Crippen LogP contribution in [-0.2, 0) is 4.74 Å². The van der Waals surface area contributed by atoms with Crippen LogP contribution >= 0.6 is 11.8 Å². The van der Waals surface area contributed by atoms with Crippen molar-refractivity contribution < 1.29 is 9.47 Å². The highest BCUT2D eigenvalue weighted by Crippen LogP contribution is 2.44. The average molecular weight is 307 g/mol. The smallest absolute Gasteiger partial charge is 0.120 e. The quantitative estimate of drug-likeness (QED) is 0.848. The maximum Gasteiger partial charge on any atom is 0.120 e. The summed E-state index contributed by atoms with van der Waals surface area (Å²) in [6, 6.07) is 5.92. The van der Waals surface area contributed by atoms with Gasteiger partial charge in [-0.3, -0.25) is 0 Å². The first-order valence-corrected chi connectivity index (χ1v) is 8.83. The minimum atomic E-state index is 0.155. The topological polar surface area (TPSA) is 44.5 Å². The Labute approximate surface area is 131 Å². The molecule has 0 bridgehead atoms. The Morgan fingerprint density at radius 3 is 2.86 bits per heavy atom. The fourth-order valence-corrected chi connectivity index (χ4v) is 4.90. The SMILES string of the molecule is COc1ccc(N)c(SC2CCOC3(CCCCC3)C2)c1. The van der Waals surface area contributed by atoms with Crippen molar-refractivity contribution in [2.24, 2.45) is 0 Å². The molecule has 0 radical (unpaired) electrons. The van der Waals surface area contributed by atoms with Gasteiger partial charge in [0.2, 0.25) is 0 Å². The number of methoxy groups -OCH3 is 1. The number of rotatable bonds is 3. The van der Waals surface area contributed by atoms with Crippen molar-refractivity contribution in [1.29, 1.82) is 0 Å². The van der Waals surface area contributed by atoms with Crippen LogP contribution in [0.4, 0.5) is 5.69 Å². The van der Waals surface area contributed by atoms with Crippen LogP contribution in [0, 0.1) is 0 Å². The molecule has 0 aromatic heterocycles. The predicted octanol–water partition coefficient (Wildman–Crippen LogP) is 4.25. The van der Waals surface area contributed by atoms with Gasteiger partial charge < -0.3 is 15.2 Å². The van der Waals surface area contributed by atoms with Crippen LogP contribution in [0.2, 0.25) is 0 Å². The van der Waals surface area contributed by atoms with Gasteiger partial charge in [-0.25, -0.2) is 0 Å². The van der Waals surface area contributed by atoms with Crippen molar-refractivity contribution in [3.8, 4) is 5.75 Å². The van der Waals surface area contributed by atoms with Gasteiger partial charge in [0.05, 0.1) is 12.7 Å². The number of hydrogen-bond donors (Lipinski definition) is 1. The second-order valence-electron chi connectivity index (χ2n) is 6.23. The molecule has 1 aliphatic carbocycles. The molecule has 1 atom stereocenters. The highest BCUT2D eigenvalue weighted by Gasteiger charge is 2.38. The van der Waals surface area contributed by atoms with E-state index in [0.29, 0.717) is 5.25 Å². The molecule has 1 saturated carbocycles. The Morgan fingerprint density at radius 2 is 2.10 bits per heavy atom. The zero-order valence-corrected chi connectivity index (χ0v) is 13.6. The van der Waals surface area contributed by atoms with E-state index in [2.05, 4.69) is 6.07 Å². The van der Waals surface area contributed by atoms with Crippen molar-refractivity contribution in [2.45, 2.75) is 60.7 Å².